The van der Waals surface area contributed by atoms with Crippen LogP contribution in [0.15, 0.2) is 29.2 Å². The molecule has 6 nitrogen and oxygen atoms in total. The molecular formula is C15H19N3O3. The molecule has 0 unspecified atom stereocenters. The number of nitrogens with one attached hydrogen (secondary N) is 1. The molecule has 21 heavy (non-hydrogen) atoms. The molecule has 1 aliphatic heterocycles. The third kappa shape index (κ3) is 2.34. The van der Waals surface area contributed by atoms with E-state index in [-0.39, 0.29) is 23.9 Å². The first-order chi connectivity index (χ1) is 10.1. The van der Waals surface area contributed by atoms with Gasteiger partial charge in [-0.25, -0.2) is 0 Å². The monoisotopic (exact) mass is 289 g/mol. The summed E-state index contributed by atoms with van der Waals surface area (Å²) in [6.45, 7) is 0.876. The summed E-state index contributed by atoms with van der Waals surface area (Å²) in [5.74, 6) is -0.0968. The van der Waals surface area contributed by atoms with E-state index in [9.17, 15) is 14.4 Å². The SMILES string of the molecule is O=C1CNC(=O)C2(CCCC2)N1CCn1ccccc1=O. The highest BCUT2D eigenvalue weighted by atomic mass is 16.2. The molecule has 2 heterocycles. The van der Waals surface area contributed by atoms with Crippen LogP contribution in [0.2, 0.25) is 0 Å². The molecule has 1 saturated heterocycles. The standard InChI is InChI=1S/C15H19N3O3/c19-12-5-1-4-8-17(12)9-10-18-13(20)11-16-14(21)15(18)6-2-3-7-15/h1,4-5,8H,2-3,6-7,9-11H2,(H,16,21). The predicted molar refractivity (Wildman–Crippen MR) is 76.6 cm³/mol. The van der Waals surface area contributed by atoms with Crippen LogP contribution in [0.1, 0.15) is 25.7 Å². The minimum Gasteiger partial charge on any atom is -0.345 e. The lowest BCUT2D eigenvalue weighted by Crippen LogP contribution is -2.66. The van der Waals surface area contributed by atoms with Gasteiger partial charge < -0.3 is 14.8 Å². The van der Waals surface area contributed by atoms with E-state index in [1.54, 1.807) is 27.8 Å². The van der Waals surface area contributed by atoms with Gasteiger partial charge in [0.1, 0.15) is 5.54 Å². The number of nitrogens with zero attached hydrogens (tertiary/aromatic N) is 2. The van der Waals surface area contributed by atoms with Crippen LogP contribution in [0.4, 0.5) is 0 Å². The molecule has 2 fully saturated rings. The fourth-order valence-electron chi connectivity index (χ4n) is 3.43. The molecule has 1 aromatic heterocycles. The lowest BCUT2D eigenvalue weighted by atomic mass is 9.91. The van der Waals surface area contributed by atoms with Crippen LogP contribution in [0.5, 0.6) is 0 Å². The summed E-state index contributed by atoms with van der Waals surface area (Å²) in [5, 5.41) is 2.71. The number of rotatable bonds is 3. The van der Waals surface area contributed by atoms with Crippen LogP contribution in [-0.2, 0) is 16.1 Å². The highest BCUT2D eigenvalue weighted by Crippen LogP contribution is 2.37. The molecule has 3 rings (SSSR count). The number of carbonyl (C=O) groups excluding carboxylic acids is 2. The number of amides is 2. The van der Waals surface area contributed by atoms with E-state index in [0.29, 0.717) is 25.9 Å². The van der Waals surface area contributed by atoms with E-state index in [0.717, 1.165) is 12.8 Å². The lowest BCUT2D eigenvalue weighted by molar-refractivity contribution is -0.153. The van der Waals surface area contributed by atoms with Crippen molar-refractivity contribution in [3.8, 4) is 0 Å². The van der Waals surface area contributed by atoms with Crippen LogP contribution < -0.4 is 10.9 Å². The Balaban J connectivity index is 1.81. The van der Waals surface area contributed by atoms with Crippen molar-refractivity contribution in [2.45, 2.75) is 37.8 Å². The molecule has 112 valence electrons. The minimum atomic E-state index is -0.687. The van der Waals surface area contributed by atoms with Crippen molar-refractivity contribution in [1.29, 1.82) is 0 Å². The first-order valence-electron chi connectivity index (χ1n) is 7.38. The number of hydrogen-bond acceptors (Lipinski definition) is 3. The number of carbonyl (C=O) groups is 2. The first-order valence-corrected chi connectivity index (χ1v) is 7.38. The van der Waals surface area contributed by atoms with Gasteiger partial charge >= 0.3 is 0 Å². The number of aromatic nitrogens is 1. The quantitative estimate of drug-likeness (QED) is 0.859. The summed E-state index contributed by atoms with van der Waals surface area (Å²) < 4.78 is 1.57. The van der Waals surface area contributed by atoms with E-state index in [2.05, 4.69) is 5.32 Å². The highest BCUT2D eigenvalue weighted by molar-refractivity contribution is 5.98. The van der Waals surface area contributed by atoms with Gasteiger partial charge in [-0.05, 0) is 18.9 Å². The Morgan fingerprint density at radius 3 is 2.57 bits per heavy atom. The molecule has 1 aromatic rings. The highest BCUT2D eigenvalue weighted by Gasteiger charge is 2.50. The molecule has 1 spiro atoms. The Hall–Kier alpha value is -2.11. The second-order valence-electron chi connectivity index (χ2n) is 5.70. The van der Waals surface area contributed by atoms with Gasteiger partial charge in [-0.3, -0.25) is 14.4 Å². The van der Waals surface area contributed by atoms with Crippen molar-refractivity contribution in [3.05, 3.63) is 34.7 Å². The smallest absolute Gasteiger partial charge is 0.250 e. The van der Waals surface area contributed by atoms with Crippen LogP contribution >= 0.6 is 0 Å². The molecule has 2 aliphatic rings. The second-order valence-corrected chi connectivity index (χ2v) is 5.70. The van der Waals surface area contributed by atoms with Gasteiger partial charge in [-0.2, -0.15) is 0 Å². The van der Waals surface area contributed by atoms with Crippen LogP contribution in [0.3, 0.4) is 0 Å². The van der Waals surface area contributed by atoms with Crippen molar-refractivity contribution in [1.82, 2.24) is 14.8 Å². The zero-order valence-electron chi connectivity index (χ0n) is 11.9. The van der Waals surface area contributed by atoms with Gasteiger partial charge in [0.25, 0.3) is 5.56 Å². The third-order valence-electron chi connectivity index (χ3n) is 4.53. The largest absolute Gasteiger partial charge is 0.345 e. The third-order valence-corrected chi connectivity index (χ3v) is 4.53. The molecular weight excluding hydrogens is 270 g/mol. The molecule has 0 bridgehead atoms. The van der Waals surface area contributed by atoms with E-state index >= 15 is 0 Å². The number of pyridine rings is 1. The van der Waals surface area contributed by atoms with Crippen molar-refractivity contribution in [2.24, 2.45) is 0 Å². The van der Waals surface area contributed by atoms with E-state index < -0.39 is 5.54 Å². The molecule has 0 aromatic carbocycles. The van der Waals surface area contributed by atoms with E-state index in [1.165, 1.54) is 6.07 Å². The summed E-state index contributed by atoms with van der Waals surface area (Å²) in [5.41, 5.74) is -0.778. The van der Waals surface area contributed by atoms with Gasteiger partial charge in [0.05, 0.1) is 6.54 Å². The normalized spacial score (nSPS) is 20.9. The topological polar surface area (TPSA) is 71.4 Å². The van der Waals surface area contributed by atoms with Gasteiger partial charge in [0.2, 0.25) is 11.8 Å². The summed E-state index contributed by atoms with van der Waals surface area (Å²) in [6.07, 6.45) is 5.06. The van der Waals surface area contributed by atoms with Crippen LogP contribution in [-0.4, -0.2) is 39.9 Å². The molecule has 1 saturated carbocycles. The zero-order chi connectivity index (χ0) is 14.9. The fourth-order valence-corrected chi connectivity index (χ4v) is 3.43. The summed E-state index contributed by atoms with van der Waals surface area (Å²) in [7, 11) is 0. The Labute approximate surface area is 122 Å². The maximum atomic E-state index is 12.3. The lowest BCUT2D eigenvalue weighted by Gasteiger charge is -2.43. The predicted octanol–water partition coefficient (Wildman–Crippen LogP) is 0.119. The average Bonchev–Trinajstić information content (AvgIpc) is 2.96. The zero-order valence-corrected chi connectivity index (χ0v) is 11.9. The number of piperazine rings is 1. The Bertz CT molecular complexity index is 617. The van der Waals surface area contributed by atoms with Crippen molar-refractivity contribution in [2.75, 3.05) is 13.1 Å². The maximum absolute atomic E-state index is 12.3. The minimum absolute atomic E-state index is 0.0417. The fraction of sp³-hybridized carbons (Fsp3) is 0.533. The van der Waals surface area contributed by atoms with Gasteiger partial charge in [0.15, 0.2) is 0 Å². The van der Waals surface area contributed by atoms with Crippen molar-refractivity contribution in [3.63, 3.8) is 0 Å². The van der Waals surface area contributed by atoms with Crippen LogP contribution in [0, 0.1) is 0 Å². The molecule has 2 amide bonds. The summed E-state index contributed by atoms with van der Waals surface area (Å²) in [4.78, 5) is 37.9. The molecule has 1 N–H and O–H groups in total. The number of hydrogen-bond donors (Lipinski definition) is 1. The van der Waals surface area contributed by atoms with Gasteiger partial charge in [-0.1, -0.05) is 18.9 Å². The van der Waals surface area contributed by atoms with Crippen molar-refractivity contribution >= 4 is 11.8 Å². The van der Waals surface area contributed by atoms with E-state index in [1.807, 2.05) is 0 Å². The second kappa shape index (κ2) is 5.35. The van der Waals surface area contributed by atoms with Gasteiger partial charge in [-0.15, -0.1) is 0 Å². The molecule has 0 atom stereocenters. The Kier molecular flexibility index (Phi) is 3.53. The Morgan fingerprint density at radius 1 is 1.10 bits per heavy atom. The summed E-state index contributed by atoms with van der Waals surface area (Å²) >= 11 is 0. The van der Waals surface area contributed by atoms with Crippen molar-refractivity contribution < 1.29 is 9.59 Å². The van der Waals surface area contributed by atoms with Crippen LogP contribution in [0.25, 0.3) is 0 Å². The Morgan fingerprint density at radius 2 is 1.86 bits per heavy atom. The average molecular weight is 289 g/mol. The molecule has 0 radical (unpaired) electrons. The van der Waals surface area contributed by atoms with Gasteiger partial charge in [0, 0.05) is 25.4 Å². The van der Waals surface area contributed by atoms with E-state index in [4.69, 9.17) is 0 Å². The maximum Gasteiger partial charge on any atom is 0.250 e. The first kappa shape index (κ1) is 13.9. The molecule has 1 aliphatic carbocycles. The summed E-state index contributed by atoms with van der Waals surface area (Å²) in [6, 6.07) is 4.98. The molecule has 6 heteroatoms.